The fourth-order valence-electron chi connectivity index (χ4n) is 2.63. The maximum absolute atomic E-state index is 10.6. The summed E-state index contributed by atoms with van der Waals surface area (Å²) < 4.78 is 0. The van der Waals surface area contributed by atoms with Crippen LogP contribution in [0.15, 0.2) is 30.3 Å². The van der Waals surface area contributed by atoms with Crippen molar-refractivity contribution in [2.75, 3.05) is 20.1 Å². The number of hydrazine groups is 1. The lowest BCUT2D eigenvalue weighted by atomic mass is 10.00. The summed E-state index contributed by atoms with van der Waals surface area (Å²) in [5.74, 6) is -0.766. The van der Waals surface area contributed by atoms with Gasteiger partial charge in [-0.05, 0) is 38.4 Å². The van der Waals surface area contributed by atoms with Crippen LogP contribution in [0, 0.1) is 0 Å². The number of hydrogen-bond acceptors (Lipinski definition) is 4. The molecule has 1 fully saturated rings. The highest BCUT2D eigenvalue weighted by Crippen LogP contribution is 2.23. The van der Waals surface area contributed by atoms with Crippen molar-refractivity contribution >= 4 is 5.97 Å². The molecule has 0 spiro atoms. The first kappa shape index (κ1) is 15.0. The van der Waals surface area contributed by atoms with E-state index in [2.05, 4.69) is 35.1 Å². The van der Waals surface area contributed by atoms with Crippen LogP contribution in [-0.2, 0) is 4.79 Å². The van der Waals surface area contributed by atoms with Crippen LogP contribution in [0.25, 0.3) is 0 Å². The zero-order chi connectivity index (χ0) is 14.4. The summed E-state index contributed by atoms with van der Waals surface area (Å²) in [6.45, 7) is 0.934. The normalized spacial score (nSPS) is 22.3. The number of likely N-dealkylation sites (N-methyl/N-ethyl adjacent to an activating group) is 1. The summed E-state index contributed by atoms with van der Waals surface area (Å²) in [5, 5.41) is 8.69. The summed E-state index contributed by atoms with van der Waals surface area (Å²) in [6, 6.07) is 11.3. The van der Waals surface area contributed by atoms with E-state index >= 15 is 0 Å². The second kappa shape index (κ2) is 7.38. The highest BCUT2D eigenvalue weighted by molar-refractivity contribution is 5.68. The van der Waals surface area contributed by atoms with Crippen molar-refractivity contribution < 1.29 is 9.90 Å². The minimum absolute atomic E-state index is 0.114. The molecule has 5 heteroatoms. The average molecular weight is 277 g/mol. The monoisotopic (exact) mass is 277 g/mol. The minimum Gasteiger partial charge on any atom is -0.480 e. The van der Waals surface area contributed by atoms with Crippen LogP contribution in [0.2, 0.25) is 0 Å². The second-order valence-corrected chi connectivity index (χ2v) is 5.46. The van der Waals surface area contributed by atoms with Gasteiger partial charge in [0.1, 0.15) is 0 Å². The molecule has 1 aliphatic heterocycles. The van der Waals surface area contributed by atoms with E-state index in [1.165, 1.54) is 5.56 Å². The smallest absolute Gasteiger partial charge is 0.317 e. The predicted octanol–water partition coefficient (Wildman–Crippen LogP) is 1.39. The fraction of sp³-hybridized carbons (Fsp3) is 0.533. The Kier molecular flexibility index (Phi) is 5.52. The van der Waals surface area contributed by atoms with E-state index in [1.807, 2.05) is 18.0 Å². The van der Waals surface area contributed by atoms with Crippen LogP contribution in [0.4, 0.5) is 0 Å². The third kappa shape index (κ3) is 4.59. The number of nitrogens with one attached hydrogen (secondary N) is 2. The zero-order valence-corrected chi connectivity index (χ0v) is 11.9. The van der Waals surface area contributed by atoms with Crippen molar-refractivity contribution in [2.24, 2.45) is 0 Å². The van der Waals surface area contributed by atoms with Crippen molar-refractivity contribution in [2.45, 2.75) is 31.3 Å². The summed E-state index contributed by atoms with van der Waals surface area (Å²) in [6.07, 6.45) is 3.14. The maximum Gasteiger partial charge on any atom is 0.317 e. The Labute approximate surface area is 119 Å². The molecule has 3 N–H and O–H groups in total. The van der Waals surface area contributed by atoms with Gasteiger partial charge in [0.2, 0.25) is 0 Å². The van der Waals surface area contributed by atoms with Crippen LogP contribution in [0.1, 0.15) is 30.9 Å². The summed E-state index contributed by atoms with van der Waals surface area (Å²) in [7, 11) is 1.85. The van der Waals surface area contributed by atoms with Crippen LogP contribution >= 0.6 is 0 Å². The molecule has 1 heterocycles. The molecule has 2 rings (SSSR count). The predicted molar refractivity (Wildman–Crippen MR) is 78.2 cm³/mol. The first-order chi connectivity index (χ1) is 9.65. The highest BCUT2D eigenvalue weighted by Gasteiger charge is 2.24. The highest BCUT2D eigenvalue weighted by atomic mass is 16.4. The molecule has 0 aliphatic carbocycles. The number of carbonyl (C=O) groups is 1. The maximum atomic E-state index is 10.6. The van der Waals surface area contributed by atoms with Crippen molar-refractivity contribution in [3.05, 3.63) is 35.9 Å². The van der Waals surface area contributed by atoms with E-state index in [9.17, 15) is 4.79 Å². The van der Waals surface area contributed by atoms with Crippen molar-refractivity contribution in [3.8, 4) is 0 Å². The molecule has 2 atom stereocenters. The summed E-state index contributed by atoms with van der Waals surface area (Å²) in [5.41, 5.74) is 7.98. The van der Waals surface area contributed by atoms with E-state index in [4.69, 9.17) is 5.11 Å². The van der Waals surface area contributed by atoms with E-state index in [0.29, 0.717) is 12.1 Å². The molecule has 5 nitrogen and oxygen atoms in total. The number of rotatable bonds is 7. The third-order valence-electron chi connectivity index (χ3n) is 3.68. The van der Waals surface area contributed by atoms with Crippen molar-refractivity contribution in [1.29, 1.82) is 0 Å². The van der Waals surface area contributed by atoms with E-state index < -0.39 is 5.97 Å². The molecule has 0 radical (unpaired) electrons. The standard InChI is InChI=1S/C15H23N3O2/c1-18(11-15(19)20)9-5-8-13-10-14(17-16-13)12-6-3-2-4-7-12/h2-4,6-7,13-14,16-17H,5,8-11H2,1H3,(H,19,20). The average Bonchev–Trinajstić information content (AvgIpc) is 2.88. The number of carboxylic acid groups (broad SMARTS) is 1. The van der Waals surface area contributed by atoms with Crippen molar-refractivity contribution in [3.63, 3.8) is 0 Å². The fourth-order valence-corrected chi connectivity index (χ4v) is 2.63. The van der Waals surface area contributed by atoms with Gasteiger partial charge in [0.15, 0.2) is 0 Å². The topological polar surface area (TPSA) is 64.6 Å². The lowest BCUT2D eigenvalue weighted by molar-refractivity contribution is -0.137. The SMILES string of the molecule is CN(CCCC1CC(c2ccccc2)NN1)CC(=O)O. The molecule has 1 aromatic rings. The molecule has 2 unspecified atom stereocenters. The van der Waals surface area contributed by atoms with E-state index in [0.717, 1.165) is 25.8 Å². The van der Waals surface area contributed by atoms with Crippen LogP contribution < -0.4 is 10.9 Å². The largest absolute Gasteiger partial charge is 0.480 e. The zero-order valence-electron chi connectivity index (χ0n) is 11.9. The van der Waals surface area contributed by atoms with Gasteiger partial charge in [0.05, 0.1) is 6.54 Å². The Morgan fingerprint density at radius 1 is 1.35 bits per heavy atom. The molecular weight excluding hydrogens is 254 g/mol. The number of carboxylic acids is 1. The van der Waals surface area contributed by atoms with Crippen molar-refractivity contribution in [1.82, 2.24) is 15.8 Å². The van der Waals surface area contributed by atoms with Gasteiger partial charge in [0.25, 0.3) is 0 Å². The van der Waals surface area contributed by atoms with Crippen LogP contribution in [0.3, 0.4) is 0 Å². The number of nitrogens with zero attached hydrogens (tertiary/aromatic N) is 1. The Morgan fingerprint density at radius 3 is 2.80 bits per heavy atom. The Morgan fingerprint density at radius 2 is 2.10 bits per heavy atom. The Hall–Kier alpha value is -1.43. The van der Waals surface area contributed by atoms with Crippen LogP contribution in [-0.4, -0.2) is 42.2 Å². The number of hydrogen-bond donors (Lipinski definition) is 3. The first-order valence-corrected chi connectivity index (χ1v) is 7.11. The number of benzene rings is 1. The molecular formula is C15H23N3O2. The second-order valence-electron chi connectivity index (χ2n) is 5.46. The molecule has 1 aromatic carbocycles. The Bertz CT molecular complexity index is 424. The molecule has 0 saturated carbocycles. The van der Waals surface area contributed by atoms with Gasteiger partial charge < -0.3 is 5.11 Å². The molecule has 1 saturated heterocycles. The molecule has 20 heavy (non-hydrogen) atoms. The lowest BCUT2D eigenvalue weighted by Gasteiger charge is -2.15. The molecule has 0 bridgehead atoms. The van der Waals surface area contributed by atoms with Gasteiger partial charge in [-0.3, -0.25) is 20.5 Å². The third-order valence-corrected chi connectivity index (χ3v) is 3.68. The molecule has 1 aliphatic rings. The quantitative estimate of drug-likeness (QED) is 0.703. The van der Waals surface area contributed by atoms with E-state index in [-0.39, 0.29) is 6.54 Å². The summed E-state index contributed by atoms with van der Waals surface area (Å²) in [4.78, 5) is 12.4. The van der Waals surface area contributed by atoms with Gasteiger partial charge in [0, 0.05) is 12.1 Å². The van der Waals surface area contributed by atoms with Gasteiger partial charge in [-0.15, -0.1) is 0 Å². The lowest BCUT2D eigenvalue weighted by Crippen LogP contribution is -2.32. The molecule has 110 valence electrons. The van der Waals surface area contributed by atoms with Crippen LogP contribution in [0.5, 0.6) is 0 Å². The van der Waals surface area contributed by atoms with Gasteiger partial charge >= 0.3 is 5.97 Å². The summed E-state index contributed by atoms with van der Waals surface area (Å²) >= 11 is 0. The Balaban J connectivity index is 1.68. The van der Waals surface area contributed by atoms with Gasteiger partial charge in [-0.2, -0.15) is 0 Å². The first-order valence-electron chi connectivity index (χ1n) is 7.11. The molecule has 0 amide bonds. The molecule has 0 aromatic heterocycles. The van der Waals surface area contributed by atoms with E-state index in [1.54, 1.807) is 0 Å². The number of aliphatic carboxylic acids is 1. The van der Waals surface area contributed by atoms with Gasteiger partial charge in [-0.25, -0.2) is 0 Å². The minimum atomic E-state index is -0.766. The van der Waals surface area contributed by atoms with Gasteiger partial charge in [-0.1, -0.05) is 30.3 Å².